The Balaban J connectivity index is 1.80. The van der Waals surface area contributed by atoms with Crippen molar-refractivity contribution in [3.63, 3.8) is 0 Å². The average Bonchev–Trinajstić information content (AvgIpc) is 3.02. The van der Waals surface area contributed by atoms with Crippen LogP contribution in [0.3, 0.4) is 0 Å². The number of carbonyl (C=O) groups is 1. The van der Waals surface area contributed by atoms with Gasteiger partial charge in [0.15, 0.2) is 5.78 Å². The summed E-state index contributed by atoms with van der Waals surface area (Å²) < 4.78 is 5.19. The van der Waals surface area contributed by atoms with Crippen molar-refractivity contribution in [1.29, 1.82) is 0 Å². The van der Waals surface area contributed by atoms with Crippen LogP contribution in [0.2, 0.25) is 0 Å². The van der Waals surface area contributed by atoms with E-state index in [1.54, 1.807) is 24.3 Å². The Morgan fingerprint density at radius 3 is 2.86 bits per heavy atom. The predicted molar refractivity (Wildman–Crippen MR) is 83.9 cm³/mol. The zero-order valence-corrected chi connectivity index (χ0v) is 11.7. The van der Waals surface area contributed by atoms with E-state index in [1.807, 2.05) is 23.6 Å². The summed E-state index contributed by atoms with van der Waals surface area (Å²) in [5.41, 5.74) is 0.359. The molecule has 0 unspecified atom stereocenters. The van der Waals surface area contributed by atoms with Crippen LogP contribution in [-0.4, -0.2) is 5.78 Å². The zero-order valence-electron chi connectivity index (χ0n) is 10.9. The number of para-hydroxylation sites is 1. The maximum atomic E-state index is 11.8. The lowest BCUT2D eigenvalue weighted by Gasteiger charge is -2.01. The summed E-state index contributed by atoms with van der Waals surface area (Å²) in [4.78, 5) is 24.2. The number of benzene rings is 1. The molecule has 0 radical (unpaired) electrons. The molecule has 4 nitrogen and oxygen atoms in total. The fourth-order valence-corrected chi connectivity index (χ4v) is 2.52. The third kappa shape index (κ3) is 2.93. The van der Waals surface area contributed by atoms with Gasteiger partial charge in [-0.1, -0.05) is 24.3 Å². The van der Waals surface area contributed by atoms with Gasteiger partial charge in [0, 0.05) is 17.7 Å². The number of thiophene rings is 1. The van der Waals surface area contributed by atoms with Crippen molar-refractivity contribution in [2.75, 3.05) is 5.32 Å². The van der Waals surface area contributed by atoms with Crippen LogP contribution in [0.1, 0.15) is 9.67 Å². The Kier molecular flexibility index (Phi) is 3.66. The van der Waals surface area contributed by atoms with Gasteiger partial charge in [-0.3, -0.25) is 4.79 Å². The van der Waals surface area contributed by atoms with Gasteiger partial charge in [0.25, 0.3) is 0 Å². The number of anilines is 1. The molecule has 0 fully saturated rings. The van der Waals surface area contributed by atoms with Crippen molar-refractivity contribution in [3.05, 3.63) is 75.4 Å². The Hall–Kier alpha value is -2.66. The minimum absolute atomic E-state index is 0.109. The molecule has 5 heteroatoms. The fourth-order valence-electron chi connectivity index (χ4n) is 1.87. The van der Waals surface area contributed by atoms with Crippen molar-refractivity contribution in [2.45, 2.75) is 0 Å². The topological polar surface area (TPSA) is 59.3 Å². The van der Waals surface area contributed by atoms with Gasteiger partial charge < -0.3 is 9.73 Å². The van der Waals surface area contributed by atoms with E-state index in [0.29, 0.717) is 16.1 Å². The fraction of sp³-hybridized carbons (Fsp3) is 0. The number of fused-ring (bicyclic) bond motifs is 1. The van der Waals surface area contributed by atoms with Crippen LogP contribution < -0.4 is 10.9 Å². The molecule has 0 spiro atoms. The minimum atomic E-state index is -0.470. The molecule has 0 aliphatic rings. The predicted octanol–water partition coefficient (Wildman–Crippen LogP) is 3.66. The van der Waals surface area contributed by atoms with Crippen LogP contribution in [0, 0.1) is 0 Å². The Morgan fingerprint density at radius 1 is 1.19 bits per heavy atom. The summed E-state index contributed by atoms with van der Waals surface area (Å²) >= 11 is 1.37. The van der Waals surface area contributed by atoms with Crippen LogP contribution in [0.25, 0.3) is 11.0 Å². The Labute approximate surface area is 124 Å². The summed E-state index contributed by atoms with van der Waals surface area (Å²) in [5.74, 6) is -0.109. The highest BCUT2D eigenvalue weighted by Crippen LogP contribution is 2.15. The van der Waals surface area contributed by atoms with E-state index in [0.717, 1.165) is 5.39 Å². The molecule has 104 valence electrons. The quantitative estimate of drug-likeness (QED) is 0.453. The Bertz CT molecular complexity index is 863. The van der Waals surface area contributed by atoms with Gasteiger partial charge in [0.1, 0.15) is 11.3 Å². The van der Waals surface area contributed by atoms with Crippen molar-refractivity contribution in [3.8, 4) is 0 Å². The number of rotatable bonds is 4. The van der Waals surface area contributed by atoms with Gasteiger partial charge in [0.2, 0.25) is 0 Å². The van der Waals surface area contributed by atoms with Crippen LogP contribution in [0.15, 0.2) is 69.3 Å². The second kappa shape index (κ2) is 5.76. The van der Waals surface area contributed by atoms with Gasteiger partial charge >= 0.3 is 5.63 Å². The molecule has 0 atom stereocenters. The number of ketones is 1. The average molecular weight is 297 g/mol. The molecular formula is C16H11NO3S. The van der Waals surface area contributed by atoms with Crippen molar-refractivity contribution in [2.24, 2.45) is 0 Å². The van der Waals surface area contributed by atoms with Crippen LogP contribution in [0.4, 0.5) is 5.69 Å². The zero-order chi connectivity index (χ0) is 14.7. The number of nitrogens with one attached hydrogen (secondary N) is 1. The SMILES string of the molecule is O=C(/C=C\Nc1cc2ccccc2oc1=O)c1cccs1. The van der Waals surface area contributed by atoms with Gasteiger partial charge in [-0.2, -0.15) is 0 Å². The van der Waals surface area contributed by atoms with Crippen LogP contribution >= 0.6 is 11.3 Å². The molecule has 1 N–H and O–H groups in total. The first-order chi connectivity index (χ1) is 10.2. The number of hydrogen-bond donors (Lipinski definition) is 1. The van der Waals surface area contributed by atoms with Crippen molar-refractivity contribution < 1.29 is 9.21 Å². The highest BCUT2D eigenvalue weighted by Gasteiger charge is 2.04. The van der Waals surface area contributed by atoms with Gasteiger partial charge in [0.05, 0.1) is 4.88 Å². The second-order valence-corrected chi connectivity index (χ2v) is 5.25. The normalized spacial score (nSPS) is 11.0. The highest BCUT2D eigenvalue weighted by atomic mass is 32.1. The van der Waals surface area contributed by atoms with Crippen LogP contribution in [0.5, 0.6) is 0 Å². The number of allylic oxidation sites excluding steroid dienone is 1. The molecule has 0 amide bonds. The first-order valence-electron chi connectivity index (χ1n) is 6.28. The van der Waals surface area contributed by atoms with Crippen molar-refractivity contribution in [1.82, 2.24) is 0 Å². The lowest BCUT2D eigenvalue weighted by Crippen LogP contribution is -2.06. The minimum Gasteiger partial charge on any atom is -0.421 e. The Morgan fingerprint density at radius 2 is 2.05 bits per heavy atom. The molecule has 0 saturated heterocycles. The van der Waals surface area contributed by atoms with Gasteiger partial charge in [-0.05, 0) is 23.6 Å². The molecule has 3 rings (SSSR count). The summed E-state index contributed by atoms with van der Waals surface area (Å²) in [6, 6.07) is 12.5. The van der Waals surface area contributed by atoms with Crippen LogP contribution in [-0.2, 0) is 0 Å². The van der Waals surface area contributed by atoms with E-state index >= 15 is 0 Å². The second-order valence-electron chi connectivity index (χ2n) is 4.30. The molecule has 3 aromatic rings. The summed E-state index contributed by atoms with van der Waals surface area (Å²) in [5, 5.41) is 5.45. The number of hydrogen-bond acceptors (Lipinski definition) is 5. The third-order valence-electron chi connectivity index (χ3n) is 2.88. The van der Waals surface area contributed by atoms with E-state index in [2.05, 4.69) is 5.32 Å². The third-order valence-corrected chi connectivity index (χ3v) is 3.76. The standard InChI is InChI=1S/C16H11NO3S/c18-13(15-6-3-9-21-15)7-8-17-12-10-11-4-1-2-5-14(11)20-16(12)19/h1-10,17H/b8-7-. The molecule has 0 bridgehead atoms. The molecule has 2 heterocycles. The summed E-state index contributed by atoms with van der Waals surface area (Å²) in [6.45, 7) is 0. The summed E-state index contributed by atoms with van der Waals surface area (Å²) in [6.07, 6.45) is 2.84. The van der Waals surface area contributed by atoms with Gasteiger partial charge in [-0.25, -0.2) is 4.79 Å². The first kappa shape index (κ1) is 13.3. The van der Waals surface area contributed by atoms with E-state index in [4.69, 9.17) is 4.42 Å². The van der Waals surface area contributed by atoms with E-state index < -0.39 is 5.63 Å². The van der Waals surface area contributed by atoms with Crippen molar-refractivity contribution >= 4 is 33.8 Å². The first-order valence-corrected chi connectivity index (χ1v) is 7.16. The largest absolute Gasteiger partial charge is 0.421 e. The molecule has 0 aliphatic carbocycles. The monoisotopic (exact) mass is 297 g/mol. The van der Waals surface area contributed by atoms with E-state index in [1.165, 1.54) is 23.6 Å². The van der Waals surface area contributed by atoms with E-state index in [-0.39, 0.29) is 5.78 Å². The lowest BCUT2D eigenvalue weighted by atomic mass is 10.2. The highest BCUT2D eigenvalue weighted by molar-refractivity contribution is 7.12. The smallest absolute Gasteiger partial charge is 0.360 e. The maximum Gasteiger partial charge on any atom is 0.360 e. The van der Waals surface area contributed by atoms with E-state index in [9.17, 15) is 9.59 Å². The molecular weight excluding hydrogens is 286 g/mol. The summed E-state index contributed by atoms with van der Waals surface area (Å²) in [7, 11) is 0. The molecule has 2 aromatic heterocycles. The van der Waals surface area contributed by atoms with Gasteiger partial charge in [-0.15, -0.1) is 11.3 Å². The number of carbonyl (C=O) groups excluding carboxylic acids is 1. The molecule has 1 aromatic carbocycles. The molecule has 21 heavy (non-hydrogen) atoms. The molecule has 0 saturated carbocycles. The maximum absolute atomic E-state index is 11.8. The lowest BCUT2D eigenvalue weighted by molar-refractivity contribution is 0.105. The molecule has 0 aliphatic heterocycles.